The Morgan fingerprint density at radius 1 is 1.16 bits per heavy atom. The van der Waals surface area contributed by atoms with Crippen molar-refractivity contribution >= 4 is 22.7 Å². The number of ether oxygens (including phenoxy) is 2. The van der Waals surface area contributed by atoms with Crippen molar-refractivity contribution in [3.63, 3.8) is 0 Å². The van der Waals surface area contributed by atoms with Gasteiger partial charge in [0.25, 0.3) is 0 Å². The third kappa shape index (κ3) is 3.81. The predicted molar refractivity (Wildman–Crippen MR) is 112 cm³/mol. The van der Waals surface area contributed by atoms with E-state index in [9.17, 15) is 5.26 Å². The molecular weight excluding hydrogens is 401 g/mol. The van der Waals surface area contributed by atoms with Crippen LogP contribution in [0.15, 0.2) is 42.9 Å². The molecule has 3 aromatic heterocycles. The third-order valence-electron chi connectivity index (χ3n) is 4.64. The number of halogens is 1. The Hall–Kier alpha value is -4.26. The van der Waals surface area contributed by atoms with Crippen molar-refractivity contribution in [2.24, 2.45) is 7.05 Å². The van der Waals surface area contributed by atoms with E-state index in [0.29, 0.717) is 28.4 Å². The molecule has 0 fully saturated rings. The summed E-state index contributed by atoms with van der Waals surface area (Å²) in [5, 5.41) is 13.5. The minimum atomic E-state index is -0.629. The number of pyridine rings is 1. The van der Waals surface area contributed by atoms with Gasteiger partial charge in [-0.1, -0.05) is 0 Å². The van der Waals surface area contributed by atoms with Crippen molar-refractivity contribution in [2.75, 3.05) is 25.7 Å². The fourth-order valence-electron chi connectivity index (χ4n) is 3.11. The van der Waals surface area contributed by atoms with Gasteiger partial charge >= 0.3 is 0 Å². The number of methoxy groups -OCH3 is 2. The lowest BCUT2D eigenvalue weighted by Gasteiger charge is -2.23. The van der Waals surface area contributed by atoms with Crippen molar-refractivity contribution in [3.05, 3.63) is 48.7 Å². The first-order valence-corrected chi connectivity index (χ1v) is 9.23. The van der Waals surface area contributed by atoms with E-state index in [0.717, 1.165) is 5.56 Å². The maximum Gasteiger partial charge on any atom is 0.188 e. The minimum Gasteiger partial charge on any atom is -0.497 e. The second-order valence-corrected chi connectivity index (χ2v) is 6.58. The summed E-state index contributed by atoms with van der Waals surface area (Å²) < 4.78 is 27.1. The van der Waals surface area contributed by atoms with Gasteiger partial charge in [-0.25, -0.2) is 14.4 Å². The van der Waals surface area contributed by atoms with E-state index in [2.05, 4.69) is 20.1 Å². The van der Waals surface area contributed by atoms with Crippen LogP contribution in [-0.2, 0) is 7.05 Å². The number of benzene rings is 1. The number of fused-ring (bicyclic) bond motifs is 1. The molecule has 1 aromatic carbocycles. The van der Waals surface area contributed by atoms with Crippen LogP contribution in [0.1, 0.15) is 0 Å². The zero-order valence-electron chi connectivity index (χ0n) is 17.1. The summed E-state index contributed by atoms with van der Waals surface area (Å²) in [5.74, 6) is 0.0869. The normalized spacial score (nSPS) is 10.7. The van der Waals surface area contributed by atoms with E-state index < -0.39 is 5.82 Å². The molecule has 0 bridgehead atoms. The van der Waals surface area contributed by atoms with E-state index in [1.807, 2.05) is 19.3 Å². The highest BCUT2D eigenvalue weighted by atomic mass is 19.1. The summed E-state index contributed by atoms with van der Waals surface area (Å²) in [5.41, 5.74) is 2.42. The van der Waals surface area contributed by atoms with E-state index in [4.69, 9.17) is 9.47 Å². The van der Waals surface area contributed by atoms with Crippen LogP contribution in [0.4, 0.5) is 15.9 Å². The monoisotopic (exact) mass is 419 g/mol. The molecule has 0 N–H and O–H groups in total. The average molecular weight is 419 g/mol. The molecule has 0 aliphatic heterocycles. The first kappa shape index (κ1) is 20.0. The summed E-state index contributed by atoms with van der Waals surface area (Å²) in [6, 6.07) is 8.34. The molecule has 0 amide bonds. The Morgan fingerprint density at radius 3 is 2.68 bits per heavy atom. The maximum absolute atomic E-state index is 15.1. The Kier molecular flexibility index (Phi) is 5.32. The molecule has 10 heteroatoms. The van der Waals surface area contributed by atoms with Crippen LogP contribution in [-0.4, -0.2) is 45.5 Å². The van der Waals surface area contributed by atoms with Crippen molar-refractivity contribution in [1.82, 2.24) is 24.7 Å². The summed E-state index contributed by atoms with van der Waals surface area (Å²) in [6.07, 6.45) is 5.14. The number of aromatic nitrogens is 5. The zero-order chi connectivity index (χ0) is 22.0. The van der Waals surface area contributed by atoms with E-state index in [1.54, 1.807) is 29.2 Å². The highest BCUT2D eigenvalue weighted by molar-refractivity contribution is 5.77. The molecule has 3 heterocycles. The smallest absolute Gasteiger partial charge is 0.188 e. The van der Waals surface area contributed by atoms with Crippen molar-refractivity contribution in [2.45, 2.75) is 0 Å². The van der Waals surface area contributed by atoms with Gasteiger partial charge in [0.15, 0.2) is 17.2 Å². The predicted octanol–water partition coefficient (Wildman–Crippen LogP) is 3.24. The van der Waals surface area contributed by atoms with Gasteiger partial charge in [0.05, 0.1) is 44.1 Å². The summed E-state index contributed by atoms with van der Waals surface area (Å²) in [6.45, 7) is -0.151. The van der Waals surface area contributed by atoms with Crippen LogP contribution in [0, 0.1) is 17.1 Å². The van der Waals surface area contributed by atoms with Crippen LogP contribution >= 0.6 is 0 Å². The van der Waals surface area contributed by atoms with Gasteiger partial charge in [-0.15, -0.1) is 0 Å². The molecule has 0 saturated heterocycles. The van der Waals surface area contributed by atoms with E-state index >= 15 is 4.39 Å². The first-order chi connectivity index (χ1) is 15.0. The zero-order valence-corrected chi connectivity index (χ0v) is 17.1. The molecule has 4 rings (SSSR count). The van der Waals surface area contributed by atoms with E-state index in [-0.39, 0.29) is 18.0 Å². The largest absolute Gasteiger partial charge is 0.497 e. The molecule has 0 unspecified atom stereocenters. The fourth-order valence-corrected chi connectivity index (χ4v) is 3.11. The second-order valence-electron chi connectivity index (χ2n) is 6.58. The highest BCUT2D eigenvalue weighted by Gasteiger charge is 2.21. The van der Waals surface area contributed by atoms with Gasteiger partial charge in [-0.05, 0) is 12.1 Å². The molecule has 0 aliphatic carbocycles. The lowest BCUT2D eigenvalue weighted by Crippen LogP contribution is -2.20. The van der Waals surface area contributed by atoms with Crippen LogP contribution in [0.3, 0.4) is 0 Å². The van der Waals surface area contributed by atoms with Gasteiger partial charge in [0, 0.05) is 30.9 Å². The van der Waals surface area contributed by atoms with Crippen LogP contribution in [0.2, 0.25) is 0 Å². The molecular formula is C21H18FN7O2. The minimum absolute atomic E-state index is 0.00302. The average Bonchev–Trinajstić information content (AvgIpc) is 3.23. The summed E-state index contributed by atoms with van der Waals surface area (Å²) in [4.78, 5) is 14.9. The summed E-state index contributed by atoms with van der Waals surface area (Å²) >= 11 is 0. The number of rotatable bonds is 6. The molecule has 156 valence electrons. The molecule has 9 nitrogen and oxygen atoms in total. The first-order valence-electron chi connectivity index (χ1n) is 9.23. The molecule has 0 atom stereocenters. The van der Waals surface area contributed by atoms with Gasteiger partial charge in [0.2, 0.25) is 0 Å². The number of nitrogens with zero attached hydrogens (tertiary/aromatic N) is 7. The second kappa shape index (κ2) is 8.23. The quantitative estimate of drug-likeness (QED) is 0.439. The third-order valence-corrected chi connectivity index (χ3v) is 4.64. The molecule has 0 saturated carbocycles. The SMILES string of the molecule is COc1cc(OC)c(F)c(N(CC#N)c2ccc3ncc(-c4cnn(C)c4)nc3n2)c1. The van der Waals surface area contributed by atoms with Crippen LogP contribution < -0.4 is 14.4 Å². The Bertz CT molecular complexity index is 1300. The summed E-state index contributed by atoms with van der Waals surface area (Å²) in [7, 11) is 4.64. The van der Waals surface area contributed by atoms with Crippen molar-refractivity contribution in [3.8, 4) is 28.8 Å². The van der Waals surface area contributed by atoms with E-state index in [1.165, 1.54) is 31.3 Å². The van der Waals surface area contributed by atoms with Crippen molar-refractivity contribution in [1.29, 1.82) is 5.26 Å². The standard InChI is InChI=1S/C21H18FN7O2/c1-28-12-13(10-25-28)16-11-24-15-4-5-19(27-21(15)26-16)29(7-6-23)17-8-14(30-2)9-18(31-3)20(17)22/h4-5,8-12H,7H2,1-3H3. The van der Waals surface area contributed by atoms with Crippen molar-refractivity contribution < 1.29 is 13.9 Å². The molecule has 4 aromatic rings. The van der Waals surface area contributed by atoms with Gasteiger partial charge in [-0.3, -0.25) is 9.67 Å². The Morgan fingerprint density at radius 2 is 2.00 bits per heavy atom. The molecule has 0 aliphatic rings. The maximum atomic E-state index is 15.1. The lowest BCUT2D eigenvalue weighted by atomic mass is 10.2. The highest BCUT2D eigenvalue weighted by Crippen LogP contribution is 2.36. The number of nitriles is 1. The Balaban J connectivity index is 1.83. The molecule has 31 heavy (non-hydrogen) atoms. The van der Waals surface area contributed by atoms with Gasteiger partial charge in [-0.2, -0.15) is 10.4 Å². The topological polar surface area (TPSA) is 102 Å². The number of aryl methyl sites for hydroxylation is 1. The van der Waals surface area contributed by atoms with Gasteiger partial charge < -0.3 is 14.4 Å². The number of hydrogen-bond acceptors (Lipinski definition) is 8. The molecule has 0 spiro atoms. The van der Waals surface area contributed by atoms with Gasteiger partial charge in [0.1, 0.15) is 23.6 Å². The number of anilines is 2. The van der Waals surface area contributed by atoms with Crippen LogP contribution in [0.5, 0.6) is 11.5 Å². The Labute approximate surface area is 177 Å². The van der Waals surface area contributed by atoms with Crippen LogP contribution in [0.25, 0.3) is 22.4 Å². The fraction of sp³-hybridized carbons (Fsp3) is 0.190. The number of hydrogen-bond donors (Lipinski definition) is 0. The lowest BCUT2D eigenvalue weighted by molar-refractivity contribution is 0.374. The molecule has 0 radical (unpaired) electrons.